The fraction of sp³-hybridized carbons (Fsp3) is 0.429. The topological polar surface area (TPSA) is 77.1 Å². The second-order valence-electron chi connectivity index (χ2n) is 14.6. The lowest BCUT2D eigenvalue weighted by Crippen LogP contribution is -2.41. The maximum absolute atomic E-state index is 6.25. The smallest absolute Gasteiger partial charge is 0.119 e. The van der Waals surface area contributed by atoms with E-state index < -0.39 is 0 Å². The standard InChI is InChI=1S/C42H44O8/c1-5-29(32-21-45-46-22-32)17-35(8-1)41(36-9-2-6-30(18-36)33-23-47-48-24-33)13-15-42(16-14-41,37-10-3-7-31(19-37)34-25-49-50-26-34)38-11-4-12-39(20-38)43-27-40-28-44-40/h1-12,17-20,32-34,40H,13-16,21-28H2. The third-order valence-corrected chi connectivity index (χ3v) is 11.8. The summed E-state index contributed by atoms with van der Waals surface area (Å²) in [6.07, 6.45) is 4.06. The lowest BCUT2D eigenvalue weighted by Gasteiger charge is -2.48. The van der Waals surface area contributed by atoms with Crippen LogP contribution in [0.25, 0.3) is 0 Å². The zero-order valence-corrected chi connectivity index (χ0v) is 28.3. The van der Waals surface area contributed by atoms with Crippen LogP contribution < -0.4 is 4.74 Å². The van der Waals surface area contributed by atoms with Gasteiger partial charge in [0.25, 0.3) is 0 Å². The largest absolute Gasteiger partial charge is 0.491 e. The number of hydrogen-bond donors (Lipinski definition) is 0. The van der Waals surface area contributed by atoms with Crippen LogP contribution in [-0.2, 0) is 44.9 Å². The monoisotopic (exact) mass is 676 g/mol. The minimum Gasteiger partial charge on any atom is -0.491 e. The highest BCUT2D eigenvalue weighted by Crippen LogP contribution is 2.55. The fourth-order valence-electron chi connectivity index (χ4n) is 8.60. The van der Waals surface area contributed by atoms with E-state index in [1.807, 2.05) is 0 Å². The van der Waals surface area contributed by atoms with Crippen molar-refractivity contribution in [3.05, 3.63) is 136 Å². The summed E-state index contributed by atoms with van der Waals surface area (Å²) in [5.41, 5.74) is 8.70. The van der Waals surface area contributed by atoms with Crippen LogP contribution in [0.4, 0.5) is 0 Å². The first-order chi connectivity index (χ1) is 24.7. The van der Waals surface area contributed by atoms with Crippen molar-refractivity contribution in [2.24, 2.45) is 0 Å². The first-order valence-corrected chi connectivity index (χ1v) is 18.1. The molecule has 0 bridgehead atoms. The van der Waals surface area contributed by atoms with Gasteiger partial charge in [0.2, 0.25) is 0 Å². The molecule has 5 aliphatic rings. The van der Waals surface area contributed by atoms with Crippen molar-refractivity contribution in [3.8, 4) is 5.75 Å². The van der Waals surface area contributed by atoms with Gasteiger partial charge in [-0.25, -0.2) is 29.3 Å². The van der Waals surface area contributed by atoms with Crippen LogP contribution in [0.2, 0.25) is 0 Å². The van der Waals surface area contributed by atoms with Gasteiger partial charge in [0, 0.05) is 28.6 Å². The predicted octanol–water partition coefficient (Wildman–Crippen LogP) is 7.45. The van der Waals surface area contributed by atoms with E-state index in [-0.39, 0.29) is 34.7 Å². The maximum Gasteiger partial charge on any atom is 0.119 e. The molecule has 0 radical (unpaired) electrons. The lowest BCUT2D eigenvalue weighted by molar-refractivity contribution is -0.248. The Balaban J connectivity index is 1.13. The molecule has 5 fully saturated rings. The van der Waals surface area contributed by atoms with Gasteiger partial charge < -0.3 is 9.47 Å². The van der Waals surface area contributed by atoms with Crippen molar-refractivity contribution in [3.63, 3.8) is 0 Å². The molecular weight excluding hydrogens is 632 g/mol. The van der Waals surface area contributed by atoms with Crippen LogP contribution in [0.5, 0.6) is 5.75 Å². The SMILES string of the molecule is c1cc(OCC2CO2)cc(C2(c3cccc(C4COOC4)c3)CCC(c3cccc(C4COOC4)c3)(c3cccc(C4COOC4)c3)CC2)c1. The van der Waals surface area contributed by atoms with Crippen LogP contribution in [0.3, 0.4) is 0 Å². The van der Waals surface area contributed by atoms with E-state index in [1.165, 1.54) is 38.9 Å². The van der Waals surface area contributed by atoms with Gasteiger partial charge in [-0.15, -0.1) is 0 Å². The summed E-state index contributed by atoms with van der Waals surface area (Å²) >= 11 is 0. The van der Waals surface area contributed by atoms with Gasteiger partial charge in [0.1, 0.15) is 18.5 Å². The van der Waals surface area contributed by atoms with E-state index in [2.05, 4.69) is 97.1 Å². The maximum atomic E-state index is 6.25. The molecule has 4 heterocycles. The zero-order valence-electron chi connectivity index (χ0n) is 28.3. The van der Waals surface area contributed by atoms with Crippen molar-refractivity contribution in [1.29, 1.82) is 0 Å². The molecule has 0 aromatic heterocycles. The number of hydrogen-bond acceptors (Lipinski definition) is 8. The van der Waals surface area contributed by atoms with E-state index >= 15 is 0 Å². The van der Waals surface area contributed by atoms with Crippen LogP contribution >= 0.6 is 0 Å². The molecule has 4 saturated heterocycles. The molecular formula is C42H44O8. The van der Waals surface area contributed by atoms with E-state index in [1.54, 1.807) is 0 Å². The summed E-state index contributed by atoms with van der Waals surface area (Å²) in [6, 6.07) is 36.3. The van der Waals surface area contributed by atoms with E-state index in [0.717, 1.165) is 38.0 Å². The fourth-order valence-corrected chi connectivity index (χ4v) is 8.60. The Kier molecular flexibility index (Phi) is 8.95. The zero-order chi connectivity index (χ0) is 33.4. The second-order valence-corrected chi connectivity index (χ2v) is 14.6. The van der Waals surface area contributed by atoms with Crippen molar-refractivity contribution in [2.45, 2.75) is 60.4 Å². The molecule has 8 nitrogen and oxygen atoms in total. The summed E-state index contributed by atoms with van der Waals surface area (Å²) in [4.78, 5) is 32.0. The first kappa shape index (κ1) is 32.3. The van der Waals surface area contributed by atoms with Gasteiger partial charge in [0.05, 0.1) is 46.2 Å². The van der Waals surface area contributed by atoms with Crippen molar-refractivity contribution in [2.75, 3.05) is 52.9 Å². The Morgan fingerprint density at radius 3 is 1.20 bits per heavy atom. The molecule has 1 saturated carbocycles. The quantitative estimate of drug-likeness (QED) is 0.127. The molecule has 9 rings (SSSR count). The predicted molar refractivity (Wildman–Crippen MR) is 185 cm³/mol. The van der Waals surface area contributed by atoms with Gasteiger partial charge in [0.15, 0.2) is 0 Å². The molecule has 4 aromatic rings. The van der Waals surface area contributed by atoms with E-state index in [4.69, 9.17) is 38.8 Å². The Bertz CT molecular complexity index is 1710. The van der Waals surface area contributed by atoms with Crippen LogP contribution in [0.1, 0.15) is 82.4 Å². The average molecular weight is 677 g/mol. The molecule has 0 N–H and O–H groups in total. The molecule has 1 aliphatic carbocycles. The van der Waals surface area contributed by atoms with Crippen molar-refractivity contribution >= 4 is 0 Å². The van der Waals surface area contributed by atoms with Gasteiger partial charge >= 0.3 is 0 Å². The first-order valence-electron chi connectivity index (χ1n) is 18.1. The minimum absolute atomic E-state index is 0.196. The molecule has 4 aliphatic heterocycles. The second kappa shape index (κ2) is 13.8. The summed E-state index contributed by atoms with van der Waals surface area (Å²) in [6.45, 7) is 4.82. The molecule has 4 aromatic carbocycles. The molecule has 1 unspecified atom stereocenters. The van der Waals surface area contributed by atoms with Gasteiger partial charge in [-0.2, -0.15) is 0 Å². The molecule has 1 atom stereocenters. The lowest BCUT2D eigenvalue weighted by atomic mass is 9.55. The highest BCUT2D eigenvalue weighted by atomic mass is 17.2. The van der Waals surface area contributed by atoms with Gasteiger partial charge in [-0.1, -0.05) is 84.9 Å². The molecule has 260 valence electrons. The van der Waals surface area contributed by atoms with E-state index in [0.29, 0.717) is 46.2 Å². The third kappa shape index (κ3) is 6.28. The Labute approximate surface area is 293 Å². The van der Waals surface area contributed by atoms with Crippen LogP contribution in [0, 0.1) is 0 Å². The van der Waals surface area contributed by atoms with Crippen molar-refractivity contribution < 1.29 is 38.8 Å². The van der Waals surface area contributed by atoms with Crippen molar-refractivity contribution in [1.82, 2.24) is 0 Å². The third-order valence-electron chi connectivity index (χ3n) is 11.8. The number of ether oxygens (including phenoxy) is 2. The summed E-state index contributed by atoms with van der Waals surface area (Å²) < 4.78 is 11.7. The summed E-state index contributed by atoms with van der Waals surface area (Å²) in [5, 5.41) is 0. The number of benzene rings is 4. The molecule has 0 spiro atoms. The number of epoxide rings is 1. The molecule has 0 amide bonds. The minimum atomic E-state index is -0.217. The highest BCUT2D eigenvalue weighted by Gasteiger charge is 2.47. The highest BCUT2D eigenvalue weighted by molar-refractivity contribution is 5.50. The Hall–Kier alpha value is -3.60. The van der Waals surface area contributed by atoms with Crippen LogP contribution in [0.15, 0.2) is 97.1 Å². The van der Waals surface area contributed by atoms with Gasteiger partial charge in [-0.3, -0.25) is 0 Å². The average Bonchev–Trinajstić information content (AvgIpc) is 3.62. The Morgan fingerprint density at radius 1 is 0.460 bits per heavy atom. The summed E-state index contributed by atoms with van der Waals surface area (Å²) in [5.74, 6) is 1.57. The number of rotatable bonds is 10. The molecule has 50 heavy (non-hydrogen) atoms. The summed E-state index contributed by atoms with van der Waals surface area (Å²) in [7, 11) is 0. The van der Waals surface area contributed by atoms with Gasteiger partial charge in [-0.05, 0) is 76.8 Å². The molecule has 8 heteroatoms. The van der Waals surface area contributed by atoms with E-state index in [9.17, 15) is 0 Å². The van der Waals surface area contributed by atoms with Crippen LogP contribution in [-0.4, -0.2) is 59.0 Å². The Morgan fingerprint density at radius 2 is 0.820 bits per heavy atom. The normalized spacial score (nSPS) is 23.7.